The maximum atomic E-state index is 12.3. The number of likely N-dealkylation sites (tertiary alicyclic amines) is 1. The van der Waals surface area contributed by atoms with Gasteiger partial charge in [-0.05, 0) is 52.2 Å². The van der Waals surface area contributed by atoms with Crippen LogP contribution in [0, 0.1) is 0 Å². The fraction of sp³-hybridized carbons (Fsp3) is 0.643. The minimum absolute atomic E-state index is 0.0164. The summed E-state index contributed by atoms with van der Waals surface area (Å²) in [5.41, 5.74) is 0.370. The van der Waals surface area contributed by atoms with Crippen LogP contribution in [0.3, 0.4) is 0 Å². The summed E-state index contributed by atoms with van der Waals surface area (Å²) in [6, 6.07) is 3.75. The van der Waals surface area contributed by atoms with E-state index in [0.717, 1.165) is 31.5 Å². The van der Waals surface area contributed by atoms with Crippen molar-refractivity contribution >= 4 is 6.09 Å². The van der Waals surface area contributed by atoms with Gasteiger partial charge in [-0.25, -0.2) is 4.79 Å². The highest BCUT2D eigenvalue weighted by Crippen LogP contribution is 2.30. The van der Waals surface area contributed by atoms with E-state index < -0.39 is 5.60 Å². The van der Waals surface area contributed by atoms with Crippen molar-refractivity contribution in [3.63, 3.8) is 0 Å². The van der Waals surface area contributed by atoms with Crippen LogP contribution in [0.15, 0.2) is 18.3 Å². The molecule has 1 amide bonds. The van der Waals surface area contributed by atoms with E-state index >= 15 is 0 Å². The summed E-state index contributed by atoms with van der Waals surface area (Å²) >= 11 is 0. The van der Waals surface area contributed by atoms with Crippen molar-refractivity contribution in [2.45, 2.75) is 51.7 Å². The molecular weight excluding hydrogens is 242 g/mol. The van der Waals surface area contributed by atoms with Crippen LogP contribution in [0.25, 0.3) is 0 Å². The molecule has 2 rings (SSSR count). The van der Waals surface area contributed by atoms with Crippen LogP contribution in [0.4, 0.5) is 4.79 Å². The van der Waals surface area contributed by atoms with Gasteiger partial charge in [0, 0.05) is 12.7 Å². The Morgan fingerprint density at radius 3 is 2.84 bits per heavy atom. The molecule has 1 aromatic heterocycles. The Morgan fingerprint density at radius 2 is 2.21 bits per heavy atom. The van der Waals surface area contributed by atoms with E-state index in [9.17, 15) is 4.79 Å². The fourth-order valence-corrected chi connectivity index (χ4v) is 2.27. The lowest BCUT2D eigenvalue weighted by Gasteiger charge is -2.36. The van der Waals surface area contributed by atoms with Gasteiger partial charge in [0.1, 0.15) is 5.60 Å². The average Bonchev–Trinajstić information content (AvgIpc) is 2.38. The summed E-state index contributed by atoms with van der Waals surface area (Å²) in [5.74, 6) is 0. The molecule has 1 fully saturated rings. The molecule has 1 saturated heterocycles. The second kappa shape index (κ2) is 5.55. The number of amides is 1. The largest absolute Gasteiger partial charge is 0.444 e. The number of piperidine rings is 1. The minimum Gasteiger partial charge on any atom is -0.444 e. The van der Waals surface area contributed by atoms with Gasteiger partial charge in [-0.2, -0.15) is 10.2 Å². The molecule has 0 bridgehead atoms. The Morgan fingerprint density at radius 1 is 1.42 bits per heavy atom. The zero-order chi connectivity index (χ0) is 13.9. The maximum absolute atomic E-state index is 12.3. The molecule has 19 heavy (non-hydrogen) atoms. The van der Waals surface area contributed by atoms with E-state index in [1.54, 1.807) is 11.1 Å². The van der Waals surface area contributed by atoms with Crippen molar-refractivity contribution in [3.8, 4) is 0 Å². The molecule has 0 spiro atoms. The number of ether oxygens (including phenoxy) is 1. The highest BCUT2D eigenvalue weighted by molar-refractivity contribution is 5.68. The van der Waals surface area contributed by atoms with Crippen LogP contribution < -0.4 is 0 Å². The lowest BCUT2D eigenvalue weighted by molar-refractivity contribution is 0.00891. The van der Waals surface area contributed by atoms with Gasteiger partial charge in [-0.1, -0.05) is 0 Å². The molecule has 2 heterocycles. The molecule has 0 saturated carbocycles. The Kier molecular flexibility index (Phi) is 4.02. The lowest BCUT2D eigenvalue weighted by atomic mass is 10.00. The van der Waals surface area contributed by atoms with Crippen LogP contribution in [0.2, 0.25) is 0 Å². The van der Waals surface area contributed by atoms with Crippen LogP contribution in [0.1, 0.15) is 51.8 Å². The summed E-state index contributed by atoms with van der Waals surface area (Å²) in [7, 11) is 0. The van der Waals surface area contributed by atoms with Gasteiger partial charge in [-0.3, -0.25) is 4.90 Å². The number of carbonyl (C=O) groups excluding carboxylic acids is 1. The Balaban J connectivity index is 2.15. The summed E-state index contributed by atoms with van der Waals surface area (Å²) in [4.78, 5) is 14.0. The van der Waals surface area contributed by atoms with E-state index in [0.29, 0.717) is 0 Å². The molecule has 1 unspecified atom stereocenters. The number of aromatic nitrogens is 2. The molecule has 0 N–H and O–H groups in total. The van der Waals surface area contributed by atoms with Crippen molar-refractivity contribution in [1.29, 1.82) is 0 Å². The first-order valence-corrected chi connectivity index (χ1v) is 6.74. The van der Waals surface area contributed by atoms with Crippen LogP contribution in [0.5, 0.6) is 0 Å². The highest BCUT2D eigenvalue weighted by Gasteiger charge is 2.32. The van der Waals surface area contributed by atoms with Gasteiger partial charge < -0.3 is 4.74 Å². The van der Waals surface area contributed by atoms with Crippen molar-refractivity contribution in [1.82, 2.24) is 15.1 Å². The van der Waals surface area contributed by atoms with Gasteiger partial charge in [-0.15, -0.1) is 0 Å². The molecule has 5 nitrogen and oxygen atoms in total. The van der Waals surface area contributed by atoms with E-state index in [2.05, 4.69) is 10.2 Å². The summed E-state index contributed by atoms with van der Waals surface area (Å²) < 4.78 is 5.47. The van der Waals surface area contributed by atoms with E-state index in [1.807, 2.05) is 32.9 Å². The second-order valence-electron chi connectivity index (χ2n) is 5.83. The quantitative estimate of drug-likeness (QED) is 0.781. The lowest BCUT2D eigenvalue weighted by Crippen LogP contribution is -2.42. The van der Waals surface area contributed by atoms with Gasteiger partial charge in [0.2, 0.25) is 0 Å². The molecule has 104 valence electrons. The SMILES string of the molecule is CC(C)(C)OC(=O)N1CCCCC1c1cccnn1. The summed E-state index contributed by atoms with van der Waals surface area (Å²) in [5, 5.41) is 8.03. The number of carbonyl (C=O) groups is 1. The fourth-order valence-electron chi connectivity index (χ4n) is 2.27. The zero-order valence-electron chi connectivity index (χ0n) is 11.8. The van der Waals surface area contributed by atoms with E-state index in [1.165, 1.54) is 0 Å². The Labute approximate surface area is 114 Å². The van der Waals surface area contributed by atoms with Gasteiger partial charge in [0.25, 0.3) is 0 Å². The standard InChI is InChI=1S/C14H21N3O2/c1-14(2,3)19-13(18)17-10-5-4-8-12(17)11-7-6-9-15-16-11/h6-7,9,12H,4-5,8,10H2,1-3H3. The molecule has 1 aliphatic rings. The number of rotatable bonds is 1. The van der Waals surface area contributed by atoms with E-state index in [4.69, 9.17) is 4.74 Å². The third-order valence-electron chi connectivity index (χ3n) is 3.07. The average molecular weight is 263 g/mol. The first-order chi connectivity index (χ1) is 8.97. The van der Waals surface area contributed by atoms with Crippen LogP contribution in [-0.2, 0) is 4.74 Å². The normalized spacial score (nSPS) is 20.2. The smallest absolute Gasteiger partial charge is 0.410 e. The molecule has 5 heteroatoms. The molecule has 0 aliphatic carbocycles. The Bertz CT molecular complexity index is 428. The monoisotopic (exact) mass is 263 g/mol. The Hall–Kier alpha value is -1.65. The van der Waals surface area contributed by atoms with Crippen molar-refractivity contribution < 1.29 is 9.53 Å². The van der Waals surface area contributed by atoms with Crippen LogP contribution >= 0.6 is 0 Å². The third-order valence-corrected chi connectivity index (χ3v) is 3.07. The van der Waals surface area contributed by atoms with Crippen molar-refractivity contribution in [2.24, 2.45) is 0 Å². The first kappa shape index (κ1) is 13.8. The van der Waals surface area contributed by atoms with Gasteiger partial charge in [0.15, 0.2) is 0 Å². The predicted octanol–water partition coefficient (Wildman–Crippen LogP) is 2.94. The highest BCUT2D eigenvalue weighted by atomic mass is 16.6. The maximum Gasteiger partial charge on any atom is 0.410 e. The second-order valence-corrected chi connectivity index (χ2v) is 5.83. The number of hydrogen-bond donors (Lipinski definition) is 0. The summed E-state index contributed by atoms with van der Waals surface area (Å²) in [6.45, 7) is 6.36. The predicted molar refractivity (Wildman–Crippen MR) is 71.6 cm³/mol. The topological polar surface area (TPSA) is 55.3 Å². The van der Waals surface area contributed by atoms with E-state index in [-0.39, 0.29) is 12.1 Å². The molecular formula is C14H21N3O2. The first-order valence-electron chi connectivity index (χ1n) is 6.74. The molecule has 0 aromatic carbocycles. The molecule has 1 atom stereocenters. The van der Waals surface area contributed by atoms with Crippen LogP contribution in [-0.4, -0.2) is 33.3 Å². The molecule has 1 aliphatic heterocycles. The number of hydrogen-bond acceptors (Lipinski definition) is 4. The third kappa shape index (κ3) is 3.66. The minimum atomic E-state index is -0.471. The van der Waals surface area contributed by atoms with Crippen molar-refractivity contribution in [2.75, 3.05) is 6.54 Å². The van der Waals surface area contributed by atoms with Gasteiger partial charge in [0.05, 0.1) is 11.7 Å². The van der Waals surface area contributed by atoms with Crippen molar-refractivity contribution in [3.05, 3.63) is 24.0 Å². The summed E-state index contributed by atoms with van der Waals surface area (Å²) in [6.07, 6.45) is 4.40. The van der Waals surface area contributed by atoms with Gasteiger partial charge >= 0.3 is 6.09 Å². The zero-order valence-corrected chi connectivity index (χ0v) is 11.8. The molecule has 1 aromatic rings. The molecule has 0 radical (unpaired) electrons. The number of nitrogens with zero attached hydrogens (tertiary/aromatic N) is 3.